The summed E-state index contributed by atoms with van der Waals surface area (Å²) in [5, 5.41) is 12.7. The normalized spacial score (nSPS) is 10.9. The monoisotopic (exact) mass is 480 g/mol. The van der Waals surface area contributed by atoms with E-state index < -0.39 is 5.91 Å². The summed E-state index contributed by atoms with van der Waals surface area (Å²) in [4.78, 5) is 30.4. The van der Waals surface area contributed by atoms with E-state index in [-0.39, 0.29) is 18.9 Å². The minimum absolute atomic E-state index is 0.0847. The second-order valence-electron chi connectivity index (χ2n) is 8.66. The first-order chi connectivity index (χ1) is 17.0. The van der Waals surface area contributed by atoms with Crippen LogP contribution >= 0.6 is 0 Å². The summed E-state index contributed by atoms with van der Waals surface area (Å²) in [6, 6.07) is 16.8. The number of carbonyl (C=O) groups excluding carboxylic acids is 2. The van der Waals surface area contributed by atoms with Gasteiger partial charge in [0.2, 0.25) is 11.8 Å². The molecule has 0 spiro atoms. The molecule has 2 aromatic carbocycles. The summed E-state index contributed by atoms with van der Waals surface area (Å²) in [6.45, 7) is 4.94. The van der Waals surface area contributed by atoms with Crippen molar-refractivity contribution < 1.29 is 24.1 Å². The maximum atomic E-state index is 13.2. The van der Waals surface area contributed by atoms with E-state index in [9.17, 15) is 9.59 Å². The number of benzene rings is 2. The van der Waals surface area contributed by atoms with Gasteiger partial charge in [-0.25, -0.2) is 5.48 Å². The van der Waals surface area contributed by atoms with Gasteiger partial charge in [0.15, 0.2) is 5.82 Å². The zero-order chi connectivity index (χ0) is 25.0. The molecule has 0 aliphatic heterocycles. The first-order valence-corrected chi connectivity index (χ1v) is 11.8. The van der Waals surface area contributed by atoms with Crippen molar-refractivity contribution in [3.63, 3.8) is 0 Å². The van der Waals surface area contributed by atoms with E-state index in [0.29, 0.717) is 55.6 Å². The maximum Gasteiger partial charge on any atom is 0.257 e. The Balaban J connectivity index is 1.69. The number of amides is 2. The Bertz CT molecular complexity index is 1070. The molecular weight excluding hydrogens is 448 g/mol. The largest absolute Gasteiger partial charge is 0.493 e. The topological polar surface area (TPSA) is 118 Å². The molecule has 0 saturated carbocycles. The van der Waals surface area contributed by atoms with Crippen molar-refractivity contribution in [2.45, 2.75) is 52.5 Å². The van der Waals surface area contributed by atoms with Crippen LogP contribution in [0, 0.1) is 5.92 Å². The molecule has 9 heteroatoms. The lowest BCUT2D eigenvalue weighted by Gasteiger charge is -2.22. The van der Waals surface area contributed by atoms with E-state index in [0.717, 1.165) is 11.3 Å². The minimum Gasteiger partial charge on any atom is -0.493 e. The van der Waals surface area contributed by atoms with Gasteiger partial charge < -0.3 is 14.2 Å². The van der Waals surface area contributed by atoms with Crippen molar-refractivity contribution in [3.8, 4) is 17.2 Å². The molecule has 1 aromatic heterocycles. The molecule has 0 unspecified atom stereocenters. The Kier molecular flexibility index (Phi) is 9.80. The van der Waals surface area contributed by atoms with Crippen LogP contribution < -0.4 is 15.1 Å². The summed E-state index contributed by atoms with van der Waals surface area (Å²) in [5.74, 6) is 1.43. The summed E-state index contributed by atoms with van der Waals surface area (Å²) in [5.41, 5.74) is 3.13. The fourth-order valence-electron chi connectivity index (χ4n) is 3.40. The molecular formula is C26H32N4O5. The van der Waals surface area contributed by atoms with Crippen LogP contribution in [0.15, 0.2) is 59.1 Å². The number of unbranched alkanes of at least 4 members (excludes halogenated alkanes) is 2. The van der Waals surface area contributed by atoms with E-state index in [2.05, 4.69) is 24.0 Å². The van der Waals surface area contributed by atoms with Crippen LogP contribution in [0.2, 0.25) is 0 Å². The number of nitrogens with one attached hydrogen (secondary N) is 1. The third-order valence-electron chi connectivity index (χ3n) is 5.24. The number of hydrogen-bond donors (Lipinski definition) is 2. The lowest BCUT2D eigenvalue weighted by molar-refractivity contribution is -0.129. The highest BCUT2D eigenvalue weighted by atomic mass is 16.5. The summed E-state index contributed by atoms with van der Waals surface area (Å²) >= 11 is 0. The Morgan fingerprint density at radius 3 is 2.43 bits per heavy atom. The third-order valence-corrected chi connectivity index (χ3v) is 5.24. The highest BCUT2D eigenvalue weighted by molar-refractivity contribution is 5.93. The Morgan fingerprint density at radius 2 is 1.74 bits per heavy atom. The van der Waals surface area contributed by atoms with Gasteiger partial charge in [-0.3, -0.25) is 14.8 Å². The average molecular weight is 481 g/mol. The molecule has 0 bridgehead atoms. The lowest BCUT2D eigenvalue weighted by atomic mass is 10.1. The molecule has 0 atom stereocenters. The molecule has 0 radical (unpaired) electrons. The van der Waals surface area contributed by atoms with Crippen molar-refractivity contribution in [2.75, 3.05) is 11.5 Å². The number of ether oxygens (including phenoxy) is 1. The number of nitrogens with zero attached hydrogens (tertiary/aromatic N) is 3. The molecule has 3 aromatic rings. The molecule has 1 heterocycles. The second-order valence-corrected chi connectivity index (χ2v) is 8.66. The molecule has 0 saturated heterocycles. The molecule has 35 heavy (non-hydrogen) atoms. The number of hydrogen-bond acceptors (Lipinski definition) is 7. The second kappa shape index (κ2) is 13.2. The van der Waals surface area contributed by atoms with Gasteiger partial charge in [-0.1, -0.05) is 43.6 Å². The van der Waals surface area contributed by atoms with Gasteiger partial charge in [0.25, 0.3) is 5.89 Å². The number of aromatic nitrogens is 2. The fraction of sp³-hybridized carbons (Fsp3) is 0.385. The van der Waals surface area contributed by atoms with Gasteiger partial charge in [0.1, 0.15) is 5.75 Å². The van der Waals surface area contributed by atoms with E-state index in [1.165, 1.54) is 0 Å². The quantitative estimate of drug-likeness (QED) is 0.206. The van der Waals surface area contributed by atoms with Gasteiger partial charge in [0.05, 0.1) is 13.2 Å². The predicted molar refractivity (Wildman–Crippen MR) is 131 cm³/mol. The number of hydroxylamine groups is 1. The van der Waals surface area contributed by atoms with E-state index in [1.54, 1.807) is 10.4 Å². The van der Waals surface area contributed by atoms with Crippen LogP contribution in [-0.2, 0) is 16.1 Å². The minimum atomic E-state index is -0.427. The van der Waals surface area contributed by atoms with Gasteiger partial charge in [0, 0.05) is 24.1 Å². The summed E-state index contributed by atoms with van der Waals surface area (Å²) in [6.07, 6.45) is 2.42. The summed E-state index contributed by atoms with van der Waals surface area (Å²) < 4.78 is 11.2. The first kappa shape index (κ1) is 25.9. The Hall–Kier alpha value is -3.72. The van der Waals surface area contributed by atoms with Crippen molar-refractivity contribution in [3.05, 3.63) is 60.4 Å². The number of rotatable bonds is 13. The van der Waals surface area contributed by atoms with Crippen molar-refractivity contribution >= 4 is 17.5 Å². The van der Waals surface area contributed by atoms with E-state index in [4.69, 9.17) is 14.5 Å². The highest BCUT2D eigenvalue weighted by Gasteiger charge is 2.20. The third kappa shape index (κ3) is 8.22. The Morgan fingerprint density at radius 1 is 1.03 bits per heavy atom. The van der Waals surface area contributed by atoms with Gasteiger partial charge in [-0.15, -0.1) is 0 Å². The Labute approximate surface area is 205 Å². The van der Waals surface area contributed by atoms with Gasteiger partial charge in [-0.05, 0) is 55.2 Å². The average Bonchev–Trinajstić information content (AvgIpc) is 3.35. The SMILES string of the molecule is CC(C)COc1ccc(N(Cc2noc(-c3ccccc3)n2)C(=O)CCCCCC(=O)NO)cc1. The van der Waals surface area contributed by atoms with E-state index >= 15 is 0 Å². The zero-order valence-electron chi connectivity index (χ0n) is 20.1. The van der Waals surface area contributed by atoms with Gasteiger partial charge >= 0.3 is 0 Å². The predicted octanol–water partition coefficient (Wildman–Crippen LogP) is 4.76. The van der Waals surface area contributed by atoms with Crippen LogP contribution in [0.3, 0.4) is 0 Å². The van der Waals surface area contributed by atoms with Crippen molar-refractivity contribution in [1.29, 1.82) is 0 Å². The summed E-state index contributed by atoms with van der Waals surface area (Å²) in [7, 11) is 0. The van der Waals surface area contributed by atoms with Crippen molar-refractivity contribution in [2.24, 2.45) is 5.92 Å². The van der Waals surface area contributed by atoms with Crippen LogP contribution in [-0.4, -0.2) is 33.8 Å². The molecule has 2 N–H and O–H groups in total. The first-order valence-electron chi connectivity index (χ1n) is 11.8. The molecule has 0 aliphatic rings. The van der Waals surface area contributed by atoms with Crippen molar-refractivity contribution in [1.82, 2.24) is 15.6 Å². The molecule has 9 nitrogen and oxygen atoms in total. The van der Waals surface area contributed by atoms with Crippen LogP contribution in [0.1, 0.15) is 51.8 Å². The zero-order valence-corrected chi connectivity index (χ0v) is 20.1. The van der Waals surface area contributed by atoms with Crippen LogP contribution in [0.5, 0.6) is 5.75 Å². The van der Waals surface area contributed by atoms with Crippen LogP contribution in [0.4, 0.5) is 5.69 Å². The number of carbonyl (C=O) groups is 2. The molecule has 0 aliphatic carbocycles. The maximum absolute atomic E-state index is 13.2. The molecule has 186 valence electrons. The smallest absolute Gasteiger partial charge is 0.257 e. The lowest BCUT2D eigenvalue weighted by Crippen LogP contribution is -2.30. The van der Waals surface area contributed by atoms with Gasteiger partial charge in [-0.2, -0.15) is 4.98 Å². The molecule has 0 fully saturated rings. The van der Waals surface area contributed by atoms with Crippen LogP contribution in [0.25, 0.3) is 11.5 Å². The standard InChI is InChI=1S/C26H32N4O5/c1-19(2)18-34-22-15-13-21(14-16-22)30(25(32)12-8-4-7-11-24(31)28-33)17-23-27-26(35-29-23)20-9-5-3-6-10-20/h3,5-6,9-10,13-16,19,33H,4,7-8,11-12,17-18H2,1-2H3,(H,28,31). The number of anilines is 1. The highest BCUT2D eigenvalue weighted by Crippen LogP contribution is 2.24. The fourth-order valence-corrected chi connectivity index (χ4v) is 3.40. The van der Waals surface area contributed by atoms with E-state index in [1.807, 2.05) is 54.6 Å². The molecule has 3 rings (SSSR count). The molecule has 2 amide bonds.